The summed E-state index contributed by atoms with van der Waals surface area (Å²) < 4.78 is 7.16. The molecule has 2 aromatic heterocycles. The average molecular weight is 522 g/mol. The van der Waals surface area contributed by atoms with E-state index < -0.39 is 0 Å². The highest BCUT2D eigenvalue weighted by Gasteiger charge is 2.30. The molecule has 1 fully saturated rings. The van der Waals surface area contributed by atoms with E-state index >= 15 is 0 Å². The highest BCUT2D eigenvalue weighted by molar-refractivity contribution is 7.13. The number of carbonyl (C=O) groups excluding carboxylic acids is 2. The first-order valence-electron chi connectivity index (χ1n) is 12.2. The number of methoxy groups -OCH3 is 1. The van der Waals surface area contributed by atoms with E-state index in [2.05, 4.69) is 4.98 Å². The van der Waals surface area contributed by atoms with Crippen molar-refractivity contribution in [2.24, 2.45) is 0 Å². The van der Waals surface area contributed by atoms with Gasteiger partial charge in [-0.3, -0.25) is 19.1 Å². The second kappa shape index (κ2) is 10.4. The smallest absolute Gasteiger partial charge is 0.262 e. The number of benzene rings is 2. The summed E-state index contributed by atoms with van der Waals surface area (Å²) >= 11 is 7.66. The molecule has 6 nitrogen and oxygen atoms in total. The Kier molecular flexibility index (Phi) is 7.12. The van der Waals surface area contributed by atoms with E-state index in [-0.39, 0.29) is 24.3 Å². The Hall–Kier alpha value is -3.16. The summed E-state index contributed by atoms with van der Waals surface area (Å²) in [5, 5.41) is 3.97. The van der Waals surface area contributed by atoms with Gasteiger partial charge in [0.15, 0.2) is 5.13 Å². The van der Waals surface area contributed by atoms with E-state index in [0.29, 0.717) is 16.3 Å². The van der Waals surface area contributed by atoms with Gasteiger partial charge in [-0.2, -0.15) is 0 Å². The van der Waals surface area contributed by atoms with Gasteiger partial charge < -0.3 is 4.74 Å². The number of halogens is 1. The van der Waals surface area contributed by atoms with Crippen molar-refractivity contribution in [1.29, 1.82) is 0 Å². The van der Waals surface area contributed by atoms with Crippen LogP contribution in [0.2, 0.25) is 5.02 Å². The number of anilines is 1. The predicted octanol–water partition coefficient (Wildman–Crippen LogP) is 6.67. The molecule has 8 heteroatoms. The fourth-order valence-corrected chi connectivity index (χ4v) is 6.12. The Labute approximate surface area is 219 Å². The molecule has 1 saturated carbocycles. The van der Waals surface area contributed by atoms with Crippen molar-refractivity contribution in [3.8, 4) is 5.75 Å². The van der Waals surface area contributed by atoms with Crippen LogP contribution < -0.4 is 9.64 Å². The number of amides is 1. The highest BCUT2D eigenvalue weighted by atomic mass is 35.5. The molecule has 1 amide bonds. The topological polar surface area (TPSA) is 64.4 Å². The van der Waals surface area contributed by atoms with Gasteiger partial charge in [-0.1, -0.05) is 36.9 Å². The zero-order valence-corrected chi connectivity index (χ0v) is 21.9. The zero-order valence-electron chi connectivity index (χ0n) is 20.4. The zero-order chi connectivity index (χ0) is 25.2. The summed E-state index contributed by atoms with van der Waals surface area (Å²) in [7, 11) is 1.61. The average Bonchev–Trinajstić information content (AvgIpc) is 3.51. The third-order valence-electron chi connectivity index (χ3n) is 6.98. The molecule has 0 bridgehead atoms. The van der Waals surface area contributed by atoms with Crippen LogP contribution in [-0.2, 0) is 11.2 Å². The summed E-state index contributed by atoms with van der Waals surface area (Å²) in [5.74, 6) is 0.484. The SMILES string of the molecule is COc1ccc2c(c1)c(CC(=O)N(c1nccs1)C1CCCCC1)c(C)n2C(=O)c1cccc(Cl)c1. The van der Waals surface area contributed by atoms with Gasteiger partial charge in [0.1, 0.15) is 5.75 Å². The molecule has 0 radical (unpaired) electrons. The summed E-state index contributed by atoms with van der Waals surface area (Å²) in [5.41, 5.74) is 2.78. The number of fused-ring (bicyclic) bond motifs is 1. The molecule has 1 aliphatic carbocycles. The maximum Gasteiger partial charge on any atom is 0.262 e. The van der Waals surface area contributed by atoms with Crippen LogP contribution >= 0.6 is 22.9 Å². The van der Waals surface area contributed by atoms with E-state index in [1.807, 2.05) is 35.4 Å². The molecule has 5 rings (SSSR count). The number of ether oxygens (including phenoxy) is 1. The molecule has 2 heterocycles. The monoisotopic (exact) mass is 521 g/mol. The first-order valence-corrected chi connectivity index (χ1v) is 13.4. The van der Waals surface area contributed by atoms with Crippen LogP contribution in [-0.4, -0.2) is 34.5 Å². The van der Waals surface area contributed by atoms with Crippen LogP contribution in [0.25, 0.3) is 10.9 Å². The summed E-state index contributed by atoms with van der Waals surface area (Å²) in [6.45, 7) is 1.89. The summed E-state index contributed by atoms with van der Waals surface area (Å²) in [6.07, 6.45) is 7.30. The molecule has 186 valence electrons. The van der Waals surface area contributed by atoms with E-state index in [1.54, 1.807) is 42.1 Å². The second-order valence-corrected chi connectivity index (χ2v) is 10.5. The van der Waals surface area contributed by atoms with Crippen LogP contribution in [0.3, 0.4) is 0 Å². The second-order valence-electron chi connectivity index (χ2n) is 9.14. The van der Waals surface area contributed by atoms with Gasteiger partial charge in [0.2, 0.25) is 5.91 Å². The van der Waals surface area contributed by atoms with Crippen molar-refractivity contribution in [2.45, 2.75) is 51.5 Å². The van der Waals surface area contributed by atoms with E-state index in [9.17, 15) is 9.59 Å². The Morgan fingerprint density at radius 3 is 2.67 bits per heavy atom. The van der Waals surface area contributed by atoms with Crippen molar-refractivity contribution < 1.29 is 14.3 Å². The fraction of sp³-hybridized carbons (Fsp3) is 0.321. The van der Waals surface area contributed by atoms with Crippen LogP contribution in [0.1, 0.15) is 53.7 Å². The van der Waals surface area contributed by atoms with Crippen molar-refractivity contribution in [2.75, 3.05) is 12.0 Å². The quantitative estimate of drug-likeness (QED) is 0.284. The Morgan fingerprint density at radius 2 is 1.97 bits per heavy atom. The molecule has 0 saturated heterocycles. The Bertz CT molecular complexity index is 1410. The van der Waals surface area contributed by atoms with Crippen molar-refractivity contribution in [3.05, 3.63) is 75.9 Å². The molecule has 1 aliphatic rings. The first kappa shape index (κ1) is 24.5. The fourth-order valence-electron chi connectivity index (χ4n) is 5.20. The minimum Gasteiger partial charge on any atom is -0.497 e. The number of nitrogens with zero attached hydrogens (tertiary/aromatic N) is 3. The normalized spacial score (nSPS) is 14.2. The standard InChI is InChI=1S/C28H28ClN3O3S/c1-18-23(17-26(33)32(28-30-13-14-36-28)21-9-4-3-5-10-21)24-16-22(35-2)11-12-25(24)31(18)27(34)19-7-6-8-20(29)15-19/h6-8,11-16,21H,3-5,9-10,17H2,1-2H3. The molecule has 36 heavy (non-hydrogen) atoms. The largest absolute Gasteiger partial charge is 0.497 e. The van der Waals surface area contributed by atoms with E-state index in [4.69, 9.17) is 16.3 Å². The molecule has 2 aromatic carbocycles. The third-order valence-corrected chi connectivity index (χ3v) is 7.98. The number of carbonyl (C=O) groups is 2. The highest BCUT2D eigenvalue weighted by Crippen LogP contribution is 2.34. The number of hydrogen-bond donors (Lipinski definition) is 0. The van der Waals surface area contributed by atoms with Gasteiger partial charge in [-0.15, -0.1) is 11.3 Å². The van der Waals surface area contributed by atoms with Crippen LogP contribution in [0.4, 0.5) is 5.13 Å². The molecule has 0 unspecified atom stereocenters. The third kappa shape index (κ3) is 4.65. The number of hydrogen-bond acceptors (Lipinski definition) is 5. The van der Waals surface area contributed by atoms with Crippen molar-refractivity contribution in [1.82, 2.24) is 9.55 Å². The van der Waals surface area contributed by atoms with Crippen molar-refractivity contribution >= 4 is 50.8 Å². The first-order chi connectivity index (χ1) is 17.5. The lowest BCUT2D eigenvalue weighted by atomic mass is 9.94. The van der Waals surface area contributed by atoms with Gasteiger partial charge in [-0.05, 0) is 61.7 Å². The Morgan fingerprint density at radius 1 is 1.17 bits per heavy atom. The van der Waals surface area contributed by atoms with Crippen molar-refractivity contribution in [3.63, 3.8) is 0 Å². The van der Waals surface area contributed by atoms with Crippen LogP contribution in [0.15, 0.2) is 54.0 Å². The molecule has 0 atom stereocenters. The van der Waals surface area contributed by atoms with E-state index in [0.717, 1.165) is 53.0 Å². The number of thiazole rings is 1. The van der Waals surface area contributed by atoms with Gasteiger partial charge in [0, 0.05) is 39.3 Å². The van der Waals surface area contributed by atoms with Crippen LogP contribution in [0, 0.1) is 6.92 Å². The molecule has 0 spiro atoms. The lowest BCUT2D eigenvalue weighted by Gasteiger charge is -2.32. The van der Waals surface area contributed by atoms with Crippen LogP contribution in [0.5, 0.6) is 5.75 Å². The molecule has 4 aromatic rings. The minimum atomic E-state index is -0.187. The summed E-state index contributed by atoms with van der Waals surface area (Å²) in [4.78, 5) is 33.9. The predicted molar refractivity (Wildman–Crippen MR) is 145 cm³/mol. The molecular weight excluding hydrogens is 494 g/mol. The molecule has 0 aliphatic heterocycles. The minimum absolute atomic E-state index is 0.00276. The maximum absolute atomic E-state index is 13.9. The number of rotatable bonds is 6. The Balaban J connectivity index is 1.58. The number of aromatic nitrogens is 2. The molecule has 0 N–H and O–H groups in total. The van der Waals surface area contributed by atoms with Gasteiger partial charge in [0.25, 0.3) is 5.91 Å². The van der Waals surface area contributed by atoms with Gasteiger partial charge in [0.05, 0.1) is 19.0 Å². The van der Waals surface area contributed by atoms with Gasteiger partial charge in [-0.25, -0.2) is 4.98 Å². The maximum atomic E-state index is 13.9. The summed E-state index contributed by atoms with van der Waals surface area (Å²) in [6, 6.07) is 12.7. The molecular formula is C28H28ClN3O3S. The lowest BCUT2D eigenvalue weighted by Crippen LogP contribution is -2.42. The lowest BCUT2D eigenvalue weighted by molar-refractivity contribution is -0.118. The van der Waals surface area contributed by atoms with E-state index in [1.165, 1.54) is 17.8 Å². The van der Waals surface area contributed by atoms with Gasteiger partial charge >= 0.3 is 0 Å².